The Labute approximate surface area is 457 Å². The number of amides is 5. The molecular formula is C50H78N7O15PS3. The first-order chi connectivity index (χ1) is 35.5. The summed E-state index contributed by atoms with van der Waals surface area (Å²) in [6.45, 7) is 15.2. The molecule has 426 valence electrons. The van der Waals surface area contributed by atoms with Crippen LogP contribution >= 0.6 is 40.7 Å². The minimum absolute atomic E-state index is 0.0232. The Morgan fingerprint density at radius 1 is 1.01 bits per heavy atom. The van der Waals surface area contributed by atoms with Crippen LogP contribution < -0.4 is 26.0 Å². The maximum Gasteiger partial charge on any atom is 0.529 e. The molecule has 7 atom stereocenters. The molecule has 0 saturated carbocycles. The van der Waals surface area contributed by atoms with E-state index in [1.165, 1.54) is 37.4 Å². The van der Waals surface area contributed by atoms with Gasteiger partial charge in [-0.2, -0.15) is 0 Å². The van der Waals surface area contributed by atoms with Crippen LogP contribution in [0.15, 0.2) is 23.6 Å². The van der Waals surface area contributed by atoms with Crippen molar-refractivity contribution >= 4 is 94.1 Å². The van der Waals surface area contributed by atoms with E-state index in [2.05, 4.69) is 30.8 Å². The summed E-state index contributed by atoms with van der Waals surface area (Å²) < 4.78 is 26.1. The smallest absolute Gasteiger partial charge is 0.481 e. The Hall–Kier alpha value is -4.78. The lowest BCUT2D eigenvalue weighted by Crippen LogP contribution is -2.58. The van der Waals surface area contributed by atoms with E-state index in [0.717, 1.165) is 30.7 Å². The third-order valence-electron chi connectivity index (χ3n) is 13.0. The van der Waals surface area contributed by atoms with Crippen molar-refractivity contribution in [3.63, 3.8) is 0 Å². The van der Waals surface area contributed by atoms with Gasteiger partial charge in [-0.3, -0.25) is 48.2 Å². The van der Waals surface area contributed by atoms with Crippen molar-refractivity contribution in [2.24, 2.45) is 17.8 Å². The number of rotatable bonds is 30. The summed E-state index contributed by atoms with van der Waals surface area (Å²) in [6, 6.07) is 1.56. The number of anilines is 1. The molecule has 1 aromatic carbocycles. The van der Waals surface area contributed by atoms with E-state index in [1.54, 1.807) is 40.6 Å². The van der Waals surface area contributed by atoms with Gasteiger partial charge in [0, 0.05) is 68.2 Å². The Kier molecular flexibility index (Phi) is 26.7. The SMILES string of the molecule is CC[C@H](C)[C@H](NC(=O)C1CCCCN1C)C(=O)N(C)[C@H](C[C@@H](OC(C)=O)c1nc(C(=O)N[C@@H](Cc2ccc(OC(=O)OP(=O)(O)O)c(NC(=O)CCCSSC(C)(C)CCC(=O)NC)c2)CC(C)C(=O)O)cs1)C(C)C. The first-order valence-electron chi connectivity index (χ1n) is 25.4. The highest BCUT2D eigenvalue weighted by atomic mass is 33.1. The van der Waals surface area contributed by atoms with Crippen molar-refractivity contribution in [3.05, 3.63) is 39.8 Å². The van der Waals surface area contributed by atoms with E-state index in [0.29, 0.717) is 43.4 Å². The number of nitrogens with one attached hydrogen (secondary N) is 4. The Bertz CT molecular complexity index is 2370. The van der Waals surface area contributed by atoms with Crippen LogP contribution in [0.25, 0.3) is 0 Å². The minimum Gasteiger partial charge on any atom is -0.481 e. The first-order valence-corrected chi connectivity index (χ1v) is 30.1. The van der Waals surface area contributed by atoms with Crippen LogP contribution in [0.1, 0.15) is 147 Å². The summed E-state index contributed by atoms with van der Waals surface area (Å²) in [4.78, 5) is 131. The second kappa shape index (κ2) is 31.0. The second-order valence-electron chi connectivity index (χ2n) is 20.1. The van der Waals surface area contributed by atoms with Gasteiger partial charge in [-0.25, -0.2) is 14.3 Å². The van der Waals surface area contributed by atoms with Crippen LogP contribution in [0.3, 0.4) is 0 Å². The Morgan fingerprint density at radius 2 is 1.71 bits per heavy atom. The zero-order valence-electron chi connectivity index (χ0n) is 45.4. The van der Waals surface area contributed by atoms with Gasteiger partial charge in [0.25, 0.3) is 5.91 Å². The lowest BCUT2D eigenvalue weighted by atomic mass is 9.92. The molecule has 0 bridgehead atoms. The maximum atomic E-state index is 14.4. The summed E-state index contributed by atoms with van der Waals surface area (Å²) in [6.07, 6.45) is 1.95. The number of likely N-dealkylation sites (N-methyl/N-ethyl adjacent to an activating group) is 2. The van der Waals surface area contributed by atoms with E-state index < -0.39 is 67.9 Å². The molecule has 5 amide bonds. The van der Waals surface area contributed by atoms with Gasteiger partial charge in [-0.15, -0.1) is 11.3 Å². The van der Waals surface area contributed by atoms with Crippen molar-refractivity contribution in [3.8, 4) is 5.75 Å². The van der Waals surface area contributed by atoms with E-state index in [4.69, 9.17) is 9.47 Å². The average Bonchev–Trinajstić information content (AvgIpc) is 3.84. The van der Waals surface area contributed by atoms with Crippen molar-refractivity contribution in [1.82, 2.24) is 30.7 Å². The molecule has 0 radical (unpaired) electrons. The molecular weight excluding hydrogens is 1070 g/mol. The van der Waals surface area contributed by atoms with Gasteiger partial charge in [-0.05, 0) is 95.5 Å². The van der Waals surface area contributed by atoms with E-state index in [-0.39, 0.29) is 88.2 Å². The van der Waals surface area contributed by atoms with Crippen molar-refractivity contribution < 1.29 is 71.8 Å². The standard InChI is InChI=1S/C50H78N7O15PS3/c1-12-30(4)43(55-45(62)37-16-13-14-22-56(37)10)47(63)57(11)38(29(2)3)27-40(70-32(6)58)46-54-36(28-74-46)44(61)52-34(24-31(5)48(64)65)25-33-18-19-39(71-49(66)72-73(67,68)69)35(26-33)53-42(60)17-15-23-75-76-50(7,8)21-20-41(59)51-9/h18-19,26,28-31,34,37-38,40,43H,12-17,20-25,27H2,1-11H3,(H,51,59)(H,52,61)(H,53,60)(H,55,62)(H,64,65)(H2,67,68,69)/t30-,31?,34+,37?,38+,40+,43-/m0/s1. The summed E-state index contributed by atoms with van der Waals surface area (Å²) >= 11 is 1.06. The molecule has 0 spiro atoms. The quantitative estimate of drug-likeness (QED) is 0.0135. The molecule has 26 heteroatoms. The molecule has 2 unspecified atom stereocenters. The number of aromatic nitrogens is 1. The fraction of sp³-hybridized carbons (Fsp3) is 0.660. The van der Waals surface area contributed by atoms with Gasteiger partial charge in [0.15, 0.2) is 11.9 Å². The third-order valence-corrected chi connectivity index (χ3v) is 17.7. The van der Waals surface area contributed by atoms with E-state index in [1.807, 2.05) is 53.5 Å². The molecule has 76 heavy (non-hydrogen) atoms. The molecule has 1 fully saturated rings. The van der Waals surface area contributed by atoms with Crippen LogP contribution in [-0.2, 0) is 49.0 Å². The lowest BCUT2D eigenvalue weighted by molar-refractivity contribution is -0.149. The Balaban J connectivity index is 1.86. The number of hydrogen-bond acceptors (Lipinski definition) is 17. The summed E-state index contributed by atoms with van der Waals surface area (Å²) in [7, 11) is 2.97. The summed E-state index contributed by atoms with van der Waals surface area (Å²) in [5.74, 6) is -4.56. The topological polar surface area (TPSA) is 309 Å². The van der Waals surface area contributed by atoms with Crippen molar-refractivity contribution in [2.75, 3.05) is 38.8 Å². The number of ether oxygens (including phenoxy) is 2. The van der Waals surface area contributed by atoms with Gasteiger partial charge in [0.2, 0.25) is 23.6 Å². The molecule has 2 aromatic rings. The highest BCUT2D eigenvalue weighted by Gasteiger charge is 2.38. The van der Waals surface area contributed by atoms with Crippen LogP contribution in [0.5, 0.6) is 5.75 Å². The second-order valence-corrected chi connectivity index (χ2v) is 25.3. The third kappa shape index (κ3) is 22.3. The fourth-order valence-corrected chi connectivity index (χ4v) is 12.1. The number of hydrogen-bond donors (Lipinski definition) is 7. The number of carbonyl (C=O) groups excluding carboxylic acids is 7. The van der Waals surface area contributed by atoms with Crippen molar-refractivity contribution in [1.29, 1.82) is 0 Å². The van der Waals surface area contributed by atoms with Gasteiger partial charge < -0.3 is 45.3 Å². The van der Waals surface area contributed by atoms with Gasteiger partial charge in [-0.1, -0.05) is 75.1 Å². The minimum atomic E-state index is -5.31. The number of phosphoric ester groups is 1. The highest BCUT2D eigenvalue weighted by molar-refractivity contribution is 8.77. The van der Waals surface area contributed by atoms with Crippen LogP contribution in [0.2, 0.25) is 0 Å². The number of aliphatic carboxylic acids is 1. The molecule has 1 aromatic heterocycles. The zero-order chi connectivity index (χ0) is 57.1. The molecule has 1 aliphatic rings. The molecule has 22 nitrogen and oxygen atoms in total. The number of thiazole rings is 1. The first kappa shape index (κ1) is 65.5. The maximum absolute atomic E-state index is 14.4. The Morgan fingerprint density at radius 3 is 2.32 bits per heavy atom. The molecule has 0 aliphatic carbocycles. The predicted octanol–water partition coefficient (Wildman–Crippen LogP) is 7.10. The summed E-state index contributed by atoms with van der Waals surface area (Å²) in [5.41, 5.74) is 0.273. The number of carboxylic acid groups (broad SMARTS) is 1. The van der Waals surface area contributed by atoms with Crippen LogP contribution in [0.4, 0.5) is 10.5 Å². The van der Waals surface area contributed by atoms with Crippen LogP contribution in [0, 0.1) is 17.8 Å². The molecule has 1 saturated heterocycles. The number of carbonyl (C=O) groups is 8. The molecule has 2 heterocycles. The number of phosphoric acid groups is 1. The zero-order valence-corrected chi connectivity index (χ0v) is 48.7. The highest BCUT2D eigenvalue weighted by Crippen LogP contribution is 2.40. The van der Waals surface area contributed by atoms with Crippen molar-refractivity contribution in [2.45, 2.75) is 161 Å². The van der Waals surface area contributed by atoms with Gasteiger partial charge >= 0.3 is 25.9 Å². The number of likely N-dealkylation sites (tertiary alicyclic amines) is 1. The summed E-state index contributed by atoms with van der Waals surface area (Å²) in [5, 5.41) is 22.8. The fourth-order valence-electron chi connectivity index (χ4n) is 8.41. The number of carboxylic acids is 1. The number of nitrogens with zero attached hydrogens (tertiary/aromatic N) is 3. The van der Waals surface area contributed by atoms with E-state index >= 15 is 0 Å². The number of benzene rings is 1. The molecule has 1 aliphatic heterocycles. The lowest BCUT2D eigenvalue weighted by Gasteiger charge is -2.38. The van der Waals surface area contributed by atoms with Crippen LogP contribution in [-0.4, -0.2) is 140 Å². The van der Waals surface area contributed by atoms with Gasteiger partial charge in [0.1, 0.15) is 16.7 Å². The van der Waals surface area contributed by atoms with E-state index in [9.17, 15) is 57.8 Å². The predicted molar refractivity (Wildman–Crippen MR) is 292 cm³/mol. The van der Waals surface area contributed by atoms with Gasteiger partial charge in [0.05, 0.1) is 17.6 Å². The number of piperidine rings is 1. The number of esters is 1. The normalized spacial score (nSPS) is 16.5. The molecule has 3 rings (SSSR count). The average molecular weight is 1140 g/mol. The molecule has 7 N–H and O–H groups in total. The largest absolute Gasteiger partial charge is 0.529 e. The monoisotopic (exact) mass is 1140 g/mol.